The van der Waals surface area contributed by atoms with Gasteiger partial charge in [-0.05, 0) is 36.4 Å². The number of fused-ring (bicyclic) bond motifs is 1. The summed E-state index contributed by atoms with van der Waals surface area (Å²) in [4.78, 5) is 12.0. The molecule has 0 aliphatic heterocycles. The highest BCUT2D eigenvalue weighted by Gasteiger charge is 2.02. The third-order valence-electron chi connectivity index (χ3n) is 2.70. The lowest BCUT2D eigenvalue weighted by molar-refractivity contribution is 0.659. The predicted molar refractivity (Wildman–Crippen MR) is 63.2 cm³/mol. The molecule has 0 N–H and O–H groups in total. The standard InChI is InChI=1S/C13H15NO/c1-3-8-14-9-7-11-10(2)5-4-6-12(11)13(14)15/h4-7,9H,3,8H2,1-2H3. The van der Waals surface area contributed by atoms with Crippen LogP contribution in [0.2, 0.25) is 0 Å². The van der Waals surface area contributed by atoms with Crippen molar-refractivity contribution in [1.29, 1.82) is 0 Å². The molecule has 0 spiro atoms. The molecule has 1 aromatic heterocycles. The zero-order chi connectivity index (χ0) is 10.8. The molecule has 78 valence electrons. The van der Waals surface area contributed by atoms with E-state index in [1.807, 2.05) is 37.4 Å². The summed E-state index contributed by atoms with van der Waals surface area (Å²) in [5, 5.41) is 1.89. The molecule has 0 saturated heterocycles. The molecule has 0 atom stereocenters. The minimum absolute atomic E-state index is 0.123. The molecule has 2 rings (SSSR count). The Labute approximate surface area is 89.2 Å². The van der Waals surface area contributed by atoms with Gasteiger partial charge in [0.2, 0.25) is 0 Å². The Kier molecular flexibility index (Phi) is 2.58. The highest BCUT2D eigenvalue weighted by Crippen LogP contribution is 2.13. The molecule has 0 aliphatic carbocycles. The Hall–Kier alpha value is -1.57. The zero-order valence-electron chi connectivity index (χ0n) is 9.16. The summed E-state index contributed by atoms with van der Waals surface area (Å²) in [6.07, 6.45) is 2.87. The molecule has 0 unspecified atom stereocenters. The van der Waals surface area contributed by atoms with Crippen LogP contribution in [0.5, 0.6) is 0 Å². The third kappa shape index (κ3) is 1.67. The third-order valence-corrected chi connectivity index (χ3v) is 2.70. The van der Waals surface area contributed by atoms with Gasteiger partial charge in [-0.1, -0.05) is 19.1 Å². The summed E-state index contributed by atoms with van der Waals surface area (Å²) >= 11 is 0. The topological polar surface area (TPSA) is 22.0 Å². The van der Waals surface area contributed by atoms with Gasteiger partial charge < -0.3 is 4.57 Å². The fourth-order valence-electron chi connectivity index (χ4n) is 1.89. The molecule has 0 radical (unpaired) electrons. The van der Waals surface area contributed by atoms with E-state index in [0.717, 1.165) is 29.3 Å². The van der Waals surface area contributed by atoms with Crippen molar-refractivity contribution in [3.63, 3.8) is 0 Å². The van der Waals surface area contributed by atoms with Crippen molar-refractivity contribution in [2.75, 3.05) is 0 Å². The highest BCUT2D eigenvalue weighted by atomic mass is 16.1. The predicted octanol–water partition coefficient (Wildman–Crippen LogP) is 2.72. The normalized spacial score (nSPS) is 10.8. The molecule has 0 saturated carbocycles. The van der Waals surface area contributed by atoms with Gasteiger partial charge in [-0.15, -0.1) is 0 Å². The number of aryl methyl sites for hydroxylation is 2. The van der Waals surface area contributed by atoms with E-state index in [1.54, 1.807) is 4.57 Å². The summed E-state index contributed by atoms with van der Waals surface area (Å²) in [7, 11) is 0. The lowest BCUT2D eigenvalue weighted by Gasteiger charge is -2.06. The highest BCUT2D eigenvalue weighted by molar-refractivity contribution is 5.84. The first-order valence-corrected chi connectivity index (χ1v) is 5.33. The lowest BCUT2D eigenvalue weighted by Crippen LogP contribution is -2.19. The van der Waals surface area contributed by atoms with Crippen LogP contribution < -0.4 is 5.56 Å². The summed E-state index contributed by atoms with van der Waals surface area (Å²) in [6, 6.07) is 7.90. The lowest BCUT2D eigenvalue weighted by atomic mass is 10.1. The van der Waals surface area contributed by atoms with Crippen molar-refractivity contribution >= 4 is 10.8 Å². The summed E-state index contributed by atoms with van der Waals surface area (Å²) in [5.41, 5.74) is 1.28. The Balaban J connectivity index is 2.75. The van der Waals surface area contributed by atoms with Crippen molar-refractivity contribution in [2.24, 2.45) is 0 Å². The quantitative estimate of drug-likeness (QED) is 0.732. The van der Waals surface area contributed by atoms with Crippen LogP contribution in [0.15, 0.2) is 35.3 Å². The molecular weight excluding hydrogens is 186 g/mol. The second-order valence-electron chi connectivity index (χ2n) is 3.85. The summed E-state index contributed by atoms with van der Waals surface area (Å²) in [6.45, 7) is 4.90. The monoisotopic (exact) mass is 201 g/mol. The van der Waals surface area contributed by atoms with E-state index in [9.17, 15) is 4.79 Å². The average Bonchev–Trinajstić information content (AvgIpc) is 2.23. The number of benzene rings is 1. The van der Waals surface area contributed by atoms with Gasteiger partial charge in [0.25, 0.3) is 5.56 Å². The Morgan fingerprint density at radius 1 is 1.20 bits per heavy atom. The first-order valence-electron chi connectivity index (χ1n) is 5.33. The minimum atomic E-state index is 0.123. The molecule has 1 heterocycles. The van der Waals surface area contributed by atoms with Gasteiger partial charge in [0.05, 0.1) is 0 Å². The maximum Gasteiger partial charge on any atom is 0.258 e. The van der Waals surface area contributed by atoms with E-state index in [0.29, 0.717) is 0 Å². The van der Waals surface area contributed by atoms with Gasteiger partial charge in [-0.25, -0.2) is 0 Å². The molecular formula is C13H15NO. The van der Waals surface area contributed by atoms with Crippen LogP contribution in [-0.2, 0) is 6.54 Å². The number of nitrogens with zero attached hydrogens (tertiary/aromatic N) is 1. The largest absolute Gasteiger partial charge is 0.315 e. The molecule has 0 aliphatic rings. The number of hydrogen-bond acceptors (Lipinski definition) is 1. The van der Waals surface area contributed by atoms with Crippen LogP contribution in [0, 0.1) is 6.92 Å². The van der Waals surface area contributed by atoms with Crippen molar-refractivity contribution in [1.82, 2.24) is 4.57 Å². The maximum absolute atomic E-state index is 12.0. The molecule has 2 heteroatoms. The minimum Gasteiger partial charge on any atom is -0.315 e. The van der Waals surface area contributed by atoms with Crippen LogP contribution in [0.4, 0.5) is 0 Å². The molecule has 0 amide bonds. The summed E-state index contributed by atoms with van der Waals surface area (Å²) in [5.74, 6) is 0. The van der Waals surface area contributed by atoms with Gasteiger partial charge in [0.15, 0.2) is 0 Å². The molecule has 2 nitrogen and oxygen atoms in total. The summed E-state index contributed by atoms with van der Waals surface area (Å²) < 4.78 is 1.78. The van der Waals surface area contributed by atoms with Gasteiger partial charge in [-0.2, -0.15) is 0 Å². The van der Waals surface area contributed by atoms with E-state index >= 15 is 0 Å². The smallest absolute Gasteiger partial charge is 0.258 e. The van der Waals surface area contributed by atoms with Crippen LogP contribution in [0.25, 0.3) is 10.8 Å². The average molecular weight is 201 g/mol. The second kappa shape index (κ2) is 3.89. The number of pyridine rings is 1. The number of rotatable bonds is 2. The first-order chi connectivity index (χ1) is 7.24. The van der Waals surface area contributed by atoms with E-state index in [-0.39, 0.29) is 5.56 Å². The Bertz CT molecular complexity index is 540. The fourth-order valence-corrected chi connectivity index (χ4v) is 1.89. The van der Waals surface area contributed by atoms with Crippen LogP contribution in [0.1, 0.15) is 18.9 Å². The van der Waals surface area contributed by atoms with Crippen molar-refractivity contribution in [3.8, 4) is 0 Å². The van der Waals surface area contributed by atoms with Gasteiger partial charge in [-0.3, -0.25) is 4.79 Å². The van der Waals surface area contributed by atoms with Crippen molar-refractivity contribution in [2.45, 2.75) is 26.8 Å². The molecule has 0 bridgehead atoms. The van der Waals surface area contributed by atoms with Gasteiger partial charge >= 0.3 is 0 Å². The van der Waals surface area contributed by atoms with Crippen molar-refractivity contribution < 1.29 is 0 Å². The van der Waals surface area contributed by atoms with Crippen LogP contribution >= 0.6 is 0 Å². The maximum atomic E-state index is 12.0. The van der Waals surface area contributed by atoms with E-state index in [4.69, 9.17) is 0 Å². The second-order valence-corrected chi connectivity index (χ2v) is 3.85. The van der Waals surface area contributed by atoms with Crippen LogP contribution in [0.3, 0.4) is 0 Å². The van der Waals surface area contributed by atoms with E-state index in [2.05, 4.69) is 6.92 Å². The van der Waals surface area contributed by atoms with E-state index in [1.165, 1.54) is 0 Å². The van der Waals surface area contributed by atoms with Gasteiger partial charge in [0, 0.05) is 18.1 Å². The first kappa shape index (κ1) is 9.97. The Morgan fingerprint density at radius 3 is 2.73 bits per heavy atom. The fraction of sp³-hybridized carbons (Fsp3) is 0.308. The zero-order valence-corrected chi connectivity index (χ0v) is 9.16. The number of aromatic nitrogens is 1. The van der Waals surface area contributed by atoms with E-state index < -0.39 is 0 Å². The van der Waals surface area contributed by atoms with Crippen molar-refractivity contribution in [3.05, 3.63) is 46.4 Å². The van der Waals surface area contributed by atoms with Gasteiger partial charge in [0.1, 0.15) is 0 Å². The SMILES string of the molecule is CCCn1ccc2c(C)cccc2c1=O. The Morgan fingerprint density at radius 2 is 2.00 bits per heavy atom. The molecule has 15 heavy (non-hydrogen) atoms. The van der Waals surface area contributed by atoms with Crippen LogP contribution in [-0.4, -0.2) is 4.57 Å². The molecule has 2 aromatic rings. The molecule has 1 aromatic carbocycles. The number of hydrogen-bond donors (Lipinski definition) is 0. The molecule has 0 fully saturated rings.